The minimum atomic E-state index is -0.477. The first-order chi connectivity index (χ1) is 9.62. The van der Waals surface area contributed by atoms with Crippen LogP contribution in [0, 0.1) is 0 Å². The number of esters is 1. The summed E-state index contributed by atoms with van der Waals surface area (Å²) in [5, 5.41) is 0.497. The molecule has 0 radical (unpaired) electrons. The maximum Gasteiger partial charge on any atom is 0.358 e. The zero-order valence-electron chi connectivity index (χ0n) is 11.5. The Hall–Kier alpha value is -2.01. The molecule has 1 aromatic heterocycles. The number of carbonyl (C=O) groups excluding carboxylic acids is 1. The average Bonchev–Trinajstić information content (AvgIpc) is 2.89. The molecule has 5 nitrogen and oxygen atoms in total. The predicted octanol–water partition coefficient (Wildman–Crippen LogP) is 3.09. The van der Waals surface area contributed by atoms with Gasteiger partial charge in [-0.3, -0.25) is 0 Å². The van der Waals surface area contributed by atoms with Crippen molar-refractivity contribution in [1.82, 2.24) is 9.97 Å². The van der Waals surface area contributed by atoms with E-state index in [2.05, 4.69) is 9.97 Å². The summed E-state index contributed by atoms with van der Waals surface area (Å²) >= 11 is 6.20. The van der Waals surface area contributed by atoms with Gasteiger partial charge >= 0.3 is 5.97 Å². The second-order valence-corrected chi connectivity index (χ2v) is 4.48. The molecule has 0 saturated carbocycles. The van der Waals surface area contributed by atoms with E-state index >= 15 is 0 Å². The number of ether oxygens (including phenoxy) is 2. The van der Waals surface area contributed by atoms with Gasteiger partial charge in [-0.15, -0.1) is 0 Å². The number of nitrogens with zero attached hydrogens (tertiary/aromatic N) is 1. The van der Waals surface area contributed by atoms with Gasteiger partial charge in [0.05, 0.1) is 24.8 Å². The molecule has 6 heteroatoms. The SMILES string of the molecule is CCc1[nH]c(-c2c(Cl)cccc2OC)nc1C(=O)OC. The van der Waals surface area contributed by atoms with E-state index in [-0.39, 0.29) is 5.69 Å². The van der Waals surface area contributed by atoms with Gasteiger partial charge in [-0.2, -0.15) is 0 Å². The summed E-state index contributed by atoms with van der Waals surface area (Å²) in [7, 11) is 2.88. The molecule has 106 valence electrons. The van der Waals surface area contributed by atoms with Gasteiger partial charge in [0.2, 0.25) is 0 Å². The first-order valence-corrected chi connectivity index (χ1v) is 6.50. The highest BCUT2D eigenvalue weighted by atomic mass is 35.5. The molecule has 20 heavy (non-hydrogen) atoms. The highest BCUT2D eigenvalue weighted by Gasteiger charge is 2.20. The molecule has 1 aromatic carbocycles. The summed E-state index contributed by atoms with van der Waals surface area (Å²) in [5.41, 5.74) is 1.60. The quantitative estimate of drug-likeness (QED) is 0.880. The van der Waals surface area contributed by atoms with E-state index in [1.807, 2.05) is 6.92 Å². The standard InChI is InChI=1S/C14H15ClN2O3/c1-4-9-12(14(18)20-3)17-13(16-9)11-8(15)6-5-7-10(11)19-2/h5-7H,4H2,1-3H3,(H,16,17). The van der Waals surface area contributed by atoms with E-state index < -0.39 is 5.97 Å². The summed E-state index contributed by atoms with van der Waals surface area (Å²) in [6.45, 7) is 1.92. The Morgan fingerprint density at radius 2 is 2.15 bits per heavy atom. The van der Waals surface area contributed by atoms with Crippen molar-refractivity contribution in [3.8, 4) is 17.1 Å². The molecule has 0 unspecified atom stereocenters. The summed E-state index contributed by atoms with van der Waals surface area (Å²) in [4.78, 5) is 19.1. The van der Waals surface area contributed by atoms with Gasteiger partial charge in [0.25, 0.3) is 0 Å². The number of H-pyrrole nitrogens is 1. The summed E-state index contributed by atoms with van der Waals surface area (Å²) in [6.07, 6.45) is 0.629. The monoisotopic (exact) mass is 294 g/mol. The van der Waals surface area contributed by atoms with E-state index in [4.69, 9.17) is 21.1 Å². The molecule has 2 aromatic rings. The Labute approximate surface area is 121 Å². The Morgan fingerprint density at radius 3 is 2.75 bits per heavy atom. The second kappa shape index (κ2) is 5.96. The fraction of sp³-hybridized carbons (Fsp3) is 0.286. The molecule has 0 amide bonds. The molecular weight excluding hydrogens is 280 g/mol. The van der Waals surface area contributed by atoms with Gasteiger partial charge in [0, 0.05) is 5.69 Å². The van der Waals surface area contributed by atoms with E-state index in [9.17, 15) is 4.79 Å². The fourth-order valence-electron chi connectivity index (χ4n) is 1.95. The Bertz CT molecular complexity index is 637. The molecule has 0 aliphatic rings. The van der Waals surface area contributed by atoms with Crippen LogP contribution in [0.2, 0.25) is 5.02 Å². The lowest BCUT2D eigenvalue weighted by atomic mass is 10.2. The van der Waals surface area contributed by atoms with Gasteiger partial charge in [-0.25, -0.2) is 9.78 Å². The average molecular weight is 295 g/mol. The normalized spacial score (nSPS) is 10.4. The van der Waals surface area contributed by atoms with Crippen LogP contribution in [0.25, 0.3) is 11.4 Å². The van der Waals surface area contributed by atoms with Crippen molar-refractivity contribution in [2.75, 3.05) is 14.2 Å². The molecule has 0 aliphatic carbocycles. The van der Waals surface area contributed by atoms with E-state index in [1.54, 1.807) is 25.3 Å². The van der Waals surface area contributed by atoms with Crippen LogP contribution in [0.3, 0.4) is 0 Å². The van der Waals surface area contributed by atoms with Crippen molar-refractivity contribution in [2.45, 2.75) is 13.3 Å². The first kappa shape index (κ1) is 14.4. The maximum atomic E-state index is 11.7. The van der Waals surface area contributed by atoms with Crippen LogP contribution in [0.4, 0.5) is 0 Å². The number of hydrogen-bond donors (Lipinski definition) is 1. The maximum absolute atomic E-state index is 11.7. The number of nitrogens with one attached hydrogen (secondary N) is 1. The van der Waals surface area contributed by atoms with Crippen molar-refractivity contribution in [2.24, 2.45) is 0 Å². The molecule has 1 N–H and O–H groups in total. The van der Waals surface area contributed by atoms with Gasteiger partial charge in [0.1, 0.15) is 11.6 Å². The molecule has 0 bridgehead atoms. The third-order valence-electron chi connectivity index (χ3n) is 2.94. The topological polar surface area (TPSA) is 64.2 Å². The summed E-state index contributed by atoms with van der Waals surface area (Å²) < 4.78 is 10.0. The van der Waals surface area contributed by atoms with Gasteiger partial charge in [0.15, 0.2) is 5.69 Å². The highest BCUT2D eigenvalue weighted by molar-refractivity contribution is 6.33. The van der Waals surface area contributed by atoms with Gasteiger partial charge in [-0.1, -0.05) is 24.6 Å². The second-order valence-electron chi connectivity index (χ2n) is 4.07. The number of hydrogen-bond acceptors (Lipinski definition) is 4. The molecule has 0 aliphatic heterocycles. The lowest BCUT2D eigenvalue weighted by molar-refractivity contribution is 0.0593. The molecular formula is C14H15ClN2O3. The molecule has 0 atom stereocenters. The van der Waals surface area contributed by atoms with Crippen LogP contribution < -0.4 is 4.74 Å². The molecule has 0 saturated heterocycles. The zero-order valence-corrected chi connectivity index (χ0v) is 12.2. The van der Waals surface area contributed by atoms with Crippen molar-refractivity contribution in [3.05, 3.63) is 34.6 Å². The Kier molecular flexibility index (Phi) is 4.29. The number of aromatic amines is 1. The minimum absolute atomic E-state index is 0.270. The third kappa shape index (κ3) is 2.49. The molecule has 0 spiro atoms. The minimum Gasteiger partial charge on any atom is -0.496 e. The number of rotatable bonds is 4. The largest absolute Gasteiger partial charge is 0.496 e. The van der Waals surface area contributed by atoms with E-state index in [1.165, 1.54) is 7.11 Å². The number of aromatic nitrogens is 2. The van der Waals surface area contributed by atoms with Gasteiger partial charge < -0.3 is 14.5 Å². The van der Waals surface area contributed by atoms with Crippen LogP contribution in [0.15, 0.2) is 18.2 Å². The highest BCUT2D eigenvalue weighted by Crippen LogP contribution is 2.35. The number of aryl methyl sites for hydroxylation is 1. The van der Waals surface area contributed by atoms with Crippen LogP contribution >= 0.6 is 11.6 Å². The number of halogens is 1. The predicted molar refractivity (Wildman–Crippen MR) is 76.3 cm³/mol. The van der Waals surface area contributed by atoms with Crippen molar-refractivity contribution in [3.63, 3.8) is 0 Å². The number of benzene rings is 1. The number of imidazole rings is 1. The van der Waals surface area contributed by atoms with Crippen molar-refractivity contribution >= 4 is 17.6 Å². The Morgan fingerprint density at radius 1 is 1.40 bits per heavy atom. The third-order valence-corrected chi connectivity index (χ3v) is 3.26. The van der Waals surface area contributed by atoms with E-state index in [0.29, 0.717) is 34.3 Å². The van der Waals surface area contributed by atoms with E-state index in [0.717, 1.165) is 0 Å². The first-order valence-electron chi connectivity index (χ1n) is 6.12. The number of methoxy groups -OCH3 is 2. The van der Waals surface area contributed by atoms with Crippen LogP contribution in [-0.2, 0) is 11.2 Å². The Balaban J connectivity index is 2.60. The fourth-order valence-corrected chi connectivity index (χ4v) is 2.21. The van der Waals surface area contributed by atoms with Crippen molar-refractivity contribution < 1.29 is 14.3 Å². The summed E-state index contributed by atoms with van der Waals surface area (Å²) in [6, 6.07) is 5.31. The molecule has 0 fully saturated rings. The molecule has 1 heterocycles. The van der Waals surface area contributed by atoms with Crippen LogP contribution in [-0.4, -0.2) is 30.2 Å². The van der Waals surface area contributed by atoms with Gasteiger partial charge in [-0.05, 0) is 18.6 Å². The summed E-state index contributed by atoms with van der Waals surface area (Å²) in [5.74, 6) is 0.602. The zero-order chi connectivity index (χ0) is 14.7. The number of carbonyl (C=O) groups is 1. The van der Waals surface area contributed by atoms with Crippen molar-refractivity contribution in [1.29, 1.82) is 0 Å². The molecule has 2 rings (SSSR count). The lowest BCUT2D eigenvalue weighted by Crippen LogP contribution is -2.04. The van der Waals surface area contributed by atoms with Crippen LogP contribution in [0.1, 0.15) is 23.1 Å². The smallest absolute Gasteiger partial charge is 0.358 e. The van der Waals surface area contributed by atoms with Crippen LogP contribution in [0.5, 0.6) is 5.75 Å². The lowest BCUT2D eigenvalue weighted by Gasteiger charge is -2.07.